The zero-order valence-corrected chi connectivity index (χ0v) is 12.3. The first-order chi connectivity index (χ1) is 9.45. The smallest absolute Gasteiger partial charge is 0.220 e. The van der Waals surface area contributed by atoms with Crippen LogP contribution in [-0.2, 0) is 4.79 Å². The van der Waals surface area contributed by atoms with Gasteiger partial charge in [-0.1, -0.05) is 11.6 Å². The predicted octanol–water partition coefficient (Wildman–Crippen LogP) is 2.50. The highest BCUT2D eigenvalue weighted by Gasteiger charge is 2.31. The zero-order chi connectivity index (χ0) is 14.9. The van der Waals surface area contributed by atoms with Gasteiger partial charge in [-0.15, -0.1) is 0 Å². The standard InChI is InChI=1S/C14H18ClFN2O2/c1-3-20-14-9(7(2)17)5-10(15)13(16)12(14)8-4-11(19)18-6-8/h5,7-8H,3-4,6,17H2,1-2H3,(H,18,19)/t7-,8?/m0/s1. The second kappa shape index (κ2) is 5.97. The van der Waals surface area contributed by atoms with E-state index in [0.29, 0.717) is 30.0 Å². The van der Waals surface area contributed by atoms with Crippen molar-refractivity contribution in [1.82, 2.24) is 5.32 Å². The van der Waals surface area contributed by atoms with Crippen molar-refractivity contribution in [2.45, 2.75) is 32.2 Å². The number of ether oxygens (including phenoxy) is 1. The summed E-state index contributed by atoms with van der Waals surface area (Å²) < 4.78 is 20.0. The van der Waals surface area contributed by atoms with Crippen LogP contribution in [0.4, 0.5) is 4.39 Å². The predicted molar refractivity (Wildman–Crippen MR) is 75.5 cm³/mol. The Morgan fingerprint density at radius 3 is 2.85 bits per heavy atom. The van der Waals surface area contributed by atoms with Crippen molar-refractivity contribution in [3.05, 3.63) is 28.0 Å². The van der Waals surface area contributed by atoms with Gasteiger partial charge in [-0.2, -0.15) is 0 Å². The second-order valence-corrected chi connectivity index (χ2v) is 5.34. The van der Waals surface area contributed by atoms with Gasteiger partial charge in [0.25, 0.3) is 0 Å². The molecule has 0 aliphatic carbocycles. The number of rotatable bonds is 4. The van der Waals surface area contributed by atoms with Crippen LogP contribution in [0.1, 0.15) is 43.4 Å². The molecule has 110 valence electrons. The number of benzene rings is 1. The first-order valence-corrected chi connectivity index (χ1v) is 7.00. The largest absolute Gasteiger partial charge is 0.493 e. The number of amides is 1. The van der Waals surface area contributed by atoms with Gasteiger partial charge in [0.2, 0.25) is 5.91 Å². The fraction of sp³-hybridized carbons (Fsp3) is 0.500. The normalized spacial score (nSPS) is 19.9. The van der Waals surface area contributed by atoms with Crippen molar-refractivity contribution < 1.29 is 13.9 Å². The molecule has 20 heavy (non-hydrogen) atoms. The lowest BCUT2D eigenvalue weighted by Crippen LogP contribution is -2.16. The van der Waals surface area contributed by atoms with Gasteiger partial charge in [0.15, 0.2) is 0 Å². The van der Waals surface area contributed by atoms with E-state index in [2.05, 4.69) is 5.32 Å². The van der Waals surface area contributed by atoms with Crippen LogP contribution in [0.3, 0.4) is 0 Å². The highest BCUT2D eigenvalue weighted by atomic mass is 35.5. The van der Waals surface area contributed by atoms with E-state index in [0.717, 1.165) is 0 Å². The highest BCUT2D eigenvalue weighted by molar-refractivity contribution is 6.31. The number of nitrogens with two attached hydrogens (primary N) is 1. The average molecular weight is 301 g/mol. The van der Waals surface area contributed by atoms with E-state index in [1.807, 2.05) is 6.92 Å². The Bertz CT molecular complexity index is 534. The molecule has 1 aliphatic rings. The van der Waals surface area contributed by atoms with Gasteiger partial charge in [-0.25, -0.2) is 4.39 Å². The molecule has 0 spiro atoms. The van der Waals surface area contributed by atoms with Gasteiger partial charge in [0.05, 0.1) is 11.6 Å². The fourth-order valence-corrected chi connectivity index (χ4v) is 2.69. The van der Waals surface area contributed by atoms with Gasteiger partial charge in [-0.3, -0.25) is 4.79 Å². The summed E-state index contributed by atoms with van der Waals surface area (Å²) in [6.45, 7) is 4.38. The molecule has 1 aromatic rings. The summed E-state index contributed by atoms with van der Waals surface area (Å²) in [4.78, 5) is 11.4. The molecule has 2 rings (SSSR count). The second-order valence-electron chi connectivity index (χ2n) is 4.93. The summed E-state index contributed by atoms with van der Waals surface area (Å²) in [7, 11) is 0. The molecule has 0 bridgehead atoms. The average Bonchev–Trinajstić information content (AvgIpc) is 2.80. The molecular weight excluding hydrogens is 283 g/mol. The third-order valence-electron chi connectivity index (χ3n) is 3.40. The topological polar surface area (TPSA) is 64.3 Å². The molecule has 4 nitrogen and oxygen atoms in total. The number of halogens is 2. The number of nitrogens with one attached hydrogen (secondary N) is 1. The van der Waals surface area contributed by atoms with Gasteiger partial charge >= 0.3 is 0 Å². The SMILES string of the molecule is CCOc1c([C@H](C)N)cc(Cl)c(F)c1C1CNC(=O)C1. The number of carbonyl (C=O) groups is 1. The molecule has 1 aliphatic heterocycles. The first kappa shape index (κ1) is 15.1. The maximum atomic E-state index is 14.4. The van der Waals surface area contributed by atoms with Crippen LogP contribution < -0.4 is 15.8 Å². The Kier molecular flexibility index (Phi) is 4.50. The highest BCUT2D eigenvalue weighted by Crippen LogP contribution is 2.41. The summed E-state index contributed by atoms with van der Waals surface area (Å²) in [6, 6.07) is 1.17. The molecule has 0 saturated carbocycles. The molecule has 6 heteroatoms. The van der Waals surface area contributed by atoms with Crippen LogP contribution in [0.25, 0.3) is 0 Å². The van der Waals surface area contributed by atoms with Crippen molar-refractivity contribution >= 4 is 17.5 Å². The minimum atomic E-state index is -0.527. The van der Waals surface area contributed by atoms with Gasteiger partial charge in [0, 0.05) is 36.1 Å². The summed E-state index contributed by atoms with van der Waals surface area (Å²) >= 11 is 5.96. The molecule has 0 aromatic heterocycles. The Balaban J connectivity index is 2.59. The molecular formula is C14H18ClFN2O2. The van der Waals surface area contributed by atoms with Crippen molar-refractivity contribution in [2.75, 3.05) is 13.2 Å². The Morgan fingerprint density at radius 1 is 1.65 bits per heavy atom. The van der Waals surface area contributed by atoms with Crippen LogP contribution in [0.5, 0.6) is 5.75 Å². The minimum Gasteiger partial charge on any atom is -0.493 e. The molecule has 1 amide bonds. The van der Waals surface area contributed by atoms with Crippen molar-refractivity contribution in [2.24, 2.45) is 5.73 Å². The van der Waals surface area contributed by atoms with Crippen molar-refractivity contribution in [3.63, 3.8) is 0 Å². The van der Waals surface area contributed by atoms with Crippen molar-refractivity contribution in [3.8, 4) is 5.75 Å². The Morgan fingerprint density at radius 2 is 2.35 bits per heavy atom. The van der Waals surface area contributed by atoms with E-state index in [9.17, 15) is 9.18 Å². The minimum absolute atomic E-state index is 0.00935. The molecule has 0 radical (unpaired) electrons. The Labute approximate surface area is 122 Å². The van der Waals surface area contributed by atoms with Gasteiger partial charge in [-0.05, 0) is 19.9 Å². The maximum absolute atomic E-state index is 14.4. The lowest BCUT2D eigenvalue weighted by atomic mass is 9.92. The van der Waals surface area contributed by atoms with Crippen LogP contribution in [0.15, 0.2) is 6.07 Å². The molecule has 1 saturated heterocycles. The van der Waals surface area contributed by atoms with Crippen LogP contribution in [0.2, 0.25) is 5.02 Å². The molecule has 1 heterocycles. The number of hydrogen-bond acceptors (Lipinski definition) is 3. The fourth-order valence-electron chi connectivity index (χ4n) is 2.47. The van der Waals surface area contributed by atoms with E-state index in [1.165, 1.54) is 6.07 Å². The number of hydrogen-bond donors (Lipinski definition) is 2. The lowest BCUT2D eigenvalue weighted by Gasteiger charge is -2.21. The molecule has 1 unspecified atom stereocenters. The Hall–Kier alpha value is -1.33. The quantitative estimate of drug-likeness (QED) is 0.898. The van der Waals surface area contributed by atoms with E-state index >= 15 is 0 Å². The van der Waals surface area contributed by atoms with E-state index in [-0.39, 0.29) is 29.3 Å². The molecule has 1 aromatic carbocycles. The zero-order valence-electron chi connectivity index (χ0n) is 11.5. The third-order valence-corrected chi connectivity index (χ3v) is 3.68. The van der Waals surface area contributed by atoms with Gasteiger partial charge in [0.1, 0.15) is 11.6 Å². The molecule has 2 atom stereocenters. The van der Waals surface area contributed by atoms with Crippen molar-refractivity contribution in [1.29, 1.82) is 0 Å². The monoisotopic (exact) mass is 300 g/mol. The number of carbonyl (C=O) groups excluding carboxylic acids is 1. The molecule has 1 fully saturated rings. The van der Waals surface area contributed by atoms with Crippen LogP contribution in [0, 0.1) is 5.82 Å². The summed E-state index contributed by atoms with van der Waals surface area (Å²) in [5, 5.41) is 2.71. The van der Waals surface area contributed by atoms with Crippen LogP contribution in [-0.4, -0.2) is 19.1 Å². The van der Waals surface area contributed by atoms with Crippen LogP contribution >= 0.6 is 11.6 Å². The molecule has 3 N–H and O–H groups in total. The van der Waals surface area contributed by atoms with E-state index in [4.69, 9.17) is 22.1 Å². The lowest BCUT2D eigenvalue weighted by molar-refractivity contribution is -0.119. The van der Waals surface area contributed by atoms with Gasteiger partial charge < -0.3 is 15.8 Å². The first-order valence-electron chi connectivity index (χ1n) is 6.62. The summed E-state index contributed by atoms with van der Waals surface area (Å²) in [6.07, 6.45) is 0.232. The maximum Gasteiger partial charge on any atom is 0.220 e. The third kappa shape index (κ3) is 2.74. The van der Waals surface area contributed by atoms with E-state index < -0.39 is 5.82 Å². The summed E-state index contributed by atoms with van der Waals surface area (Å²) in [5.41, 5.74) is 6.93. The summed E-state index contributed by atoms with van der Waals surface area (Å²) in [5.74, 6) is -0.480. The van der Waals surface area contributed by atoms with E-state index in [1.54, 1.807) is 6.92 Å².